The van der Waals surface area contributed by atoms with Crippen LogP contribution >= 0.6 is 0 Å². The van der Waals surface area contributed by atoms with Crippen LogP contribution in [0, 0.1) is 12.8 Å². The van der Waals surface area contributed by atoms with E-state index in [1.54, 1.807) is 17.7 Å². The van der Waals surface area contributed by atoms with Gasteiger partial charge in [-0.3, -0.25) is 4.79 Å². The van der Waals surface area contributed by atoms with E-state index in [-0.39, 0.29) is 11.8 Å². The smallest absolute Gasteiger partial charge is 0.228 e. The van der Waals surface area contributed by atoms with E-state index >= 15 is 0 Å². The van der Waals surface area contributed by atoms with Crippen molar-refractivity contribution in [3.05, 3.63) is 36.2 Å². The zero-order valence-corrected chi connectivity index (χ0v) is 13.5. The maximum absolute atomic E-state index is 12.0. The molecule has 0 radical (unpaired) electrons. The van der Waals surface area contributed by atoms with Gasteiger partial charge < -0.3 is 10.1 Å². The molecule has 122 valence electrons. The fourth-order valence-electron chi connectivity index (χ4n) is 2.56. The molecule has 2 aromatic heterocycles. The lowest BCUT2D eigenvalue weighted by molar-refractivity contribution is -0.117. The normalized spacial score (nSPS) is 13.9. The van der Waals surface area contributed by atoms with Gasteiger partial charge >= 0.3 is 0 Å². The van der Waals surface area contributed by atoms with Gasteiger partial charge in [-0.05, 0) is 44.0 Å². The molecule has 0 spiro atoms. The van der Waals surface area contributed by atoms with E-state index in [0.717, 1.165) is 24.2 Å². The van der Waals surface area contributed by atoms with Crippen LogP contribution in [0.1, 0.15) is 18.7 Å². The largest absolute Gasteiger partial charge is 0.497 e. The Morgan fingerprint density at radius 1 is 1.25 bits per heavy atom. The lowest BCUT2D eigenvalue weighted by Crippen LogP contribution is -2.15. The molecule has 3 aromatic rings. The maximum Gasteiger partial charge on any atom is 0.228 e. The Labute approximate surface area is 138 Å². The molecule has 1 N–H and O–H groups in total. The number of aryl methyl sites for hydroxylation is 1. The maximum atomic E-state index is 12.0. The Balaban J connectivity index is 1.79. The second kappa shape index (κ2) is 5.59. The second-order valence-corrected chi connectivity index (χ2v) is 5.89. The average Bonchev–Trinajstić information content (AvgIpc) is 3.36. The standard InChI is InChI=1S/C17H17N5O2/c1-10-18-15-9-14(20-17(23)12-3-4-12)19-16(22(15)21-10)11-5-7-13(24-2)8-6-11/h5-9,12H,3-4H2,1-2H3,(H,20,23). The third-order valence-electron chi connectivity index (χ3n) is 3.98. The van der Waals surface area contributed by atoms with Crippen molar-refractivity contribution >= 4 is 17.4 Å². The van der Waals surface area contributed by atoms with Gasteiger partial charge in [0.1, 0.15) is 17.4 Å². The summed E-state index contributed by atoms with van der Waals surface area (Å²) in [5.41, 5.74) is 1.52. The Morgan fingerprint density at radius 3 is 2.67 bits per heavy atom. The summed E-state index contributed by atoms with van der Waals surface area (Å²) < 4.78 is 6.88. The highest BCUT2D eigenvalue weighted by Gasteiger charge is 2.30. The summed E-state index contributed by atoms with van der Waals surface area (Å²) in [5.74, 6) is 2.68. The van der Waals surface area contributed by atoms with Crippen molar-refractivity contribution in [2.75, 3.05) is 12.4 Å². The quantitative estimate of drug-likeness (QED) is 0.797. The predicted octanol–water partition coefficient (Wildman–Crippen LogP) is 2.46. The molecule has 24 heavy (non-hydrogen) atoms. The minimum atomic E-state index is 0.0174. The highest BCUT2D eigenvalue weighted by molar-refractivity contribution is 5.93. The van der Waals surface area contributed by atoms with E-state index < -0.39 is 0 Å². The van der Waals surface area contributed by atoms with Crippen LogP contribution in [0.15, 0.2) is 30.3 Å². The Kier molecular flexibility index (Phi) is 3.41. The van der Waals surface area contributed by atoms with Crippen LogP contribution in [0.2, 0.25) is 0 Å². The number of benzene rings is 1. The van der Waals surface area contributed by atoms with E-state index in [0.29, 0.717) is 23.1 Å². The Morgan fingerprint density at radius 2 is 2.00 bits per heavy atom. The summed E-state index contributed by atoms with van der Waals surface area (Å²) in [7, 11) is 1.63. The summed E-state index contributed by atoms with van der Waals surface area (Å²) in [6.45, 7) is 1.83. The van der Waals surface area contributed by atoms with E-state index in [2.05, 4.69) is 20.4 Å². The number of ether oxygens (including phenoxy) is 1. The van der Waals surface area contributed by atoms with E-state index in [4.69, 9.17) is 4.74 Å². The van der Waals surface area contributed by atoms with Crippen LogP contribution in [-0.2, 0) is 4.79 Å². The van der Waals surface area contributed by atoms with Crippen molar-refractivity contribution in [1.29, 1.82) is 0 Å². The molecule has 1 amide bonds. The van der Waals surface area contributed by atoms with Crippen molar-refractivity contribution in [3.8, 4) is 17.1 Å². The minimum Gasteiger partial charge on any atom is -0.497 e. The van der Waals surface area contributed by atoms with Gasteiger partial charge in [0.25, 0.3) is 0 Å². The molecule has 2 heterocycles. The number of hydrogen-bond donors (Lipinski definition) is 1. The molecular formula is C17H17N5O2. The lowest BCUT2D eigenvalue weighted by Gasteiger charge is -2.09. The molecule has 1 aliphatic rings. The number of aromatic nitrogens is 4. The summed E-state index contributed by atoms with van der Waals surface area (Å²) in [5, 5.41) is 7.28. The lowest BCUT2D eigenvalue weighted by atomic mass is 10.2. The highest BCUT2D eigenvalue weighted by atomic mass is 16.5. The Hall–Kier alpha value is -2.96. The predicted molar refractivity (Wildman–Crippen MR) is 88.9 cm³/mol. The van der Waals surface area contributed by atoms with Crippen molar-refractivity contribution in [2.24, 2.45) is 5.92 Å². The van der Waals surface area contributed by atoms with Gasteiger partial charge in [-0.1, -0.05) is 0 Å². The Bertz CT molecular complexity index is 913. The number of nitrogens with zero attached hydrogens (tertiary/aromatic N) is 4. The van der Waals surface area contributed by atoms with Crippen molar-refractivity contribution in [2.45, 2.75) is 19.8 Å². The molecule has 4 rings (SSSR count). The topological polar surface area (TPSA) is 81.4 Å². The first-order chi connectivity index (χ1) is 11.6. The van der Waals surface area contributed by atoms with E-state index in [9.17, 15) is 4.79 Å². The highest BCUT2D eigenvalue weighted by Crippen LogP contribution is 2.30. The fraction of sp³-hybridized carbons (Fsp3) is 0.294. The van der Waals surface area contributed by atoms with Crippen LogP contribution in [-0.4, -0.2) is 32.6 Å². The molecule has 7 nitrogen and oxygen atoms in total. The zero-order valence-electron chi connectivity index (χ0n) is 13.5. The first-order valence-electron chi connectivity index (χ1n) is 7.84. The SMILES string of the molecule is COc1ccc(-c2nc(NC(=O)C3CC3)cc3nc(C)nn23)cc1. The molecule has 1 fully saturated rings. The summed E-state index contributed by atoms with van der Waals surface area (Å²) in [6, 6.07) is 9.28. The summed E-state index contributed by atoms with van der Waals surface area (Å²) in [6.07, 6.45) is 1.90. The molecule has 0 bridgehead atoms. The van der Waals surface area contributed by atoms with Crippen LogP contribution in [0.3, 0.4) is 0 Å². The molecule has 1 aromatic carbocycles. The third kappa shape index (κ3) is 2.68. The van der Waals surface area contributed by atoms with Crippen LogP contribution in [0.5, 0.6) is 5.75 Å². The summed E-state index contributed by atoms with van der Waals surface area (Å²) in [4.78, 5) is 21.0. The molecular weight excluding hydrogens is 306 g/mol. The van der Waals surface area contributed by atoms with Gasteiger partial charge in [-0.25, -0.2) is 9.97 Å². The molecule has 0 unspecified atom stereocenters. The fourth-order valence-corrected chi connectivity index (χ4v) is 2.56. The number of methoxy groups -OCH3 is 1. The number of hydrogen-bond acceptors (Lipinski definition) is 5. The zero-order chi connectivity index (χ0) is 16.7. The monoisotopic (exact) mass is 323 g/mol. The molecule has 7 heteroatoms. The summed E-state index contributed by atoms with van der Waals surface area (Å²) >= 11 is 0. The van der Waals surface area contributed by atoms with Crippen molar-refractivity contribution in [1.82, 2.24) is 19.6 Å². The van der Waals surface area contributed by atoms with Crippen LogP contribution in [0.25, 0.3) is 17.0 Å². The van der Waals surface area contributed by atoms with Gasteiger partial charge in [0.2, 0.25) is 5.91 Å². The van der Waals surface area contributed by atoms with Gasteiger partial charge in [0.05, 0.1) is 7.11 Å². The van der Waals surface area contributed by atoms with Gasteiger partial charge in [-0.15, -0.1) is 5.10 Å². The van der Waals surface area contributed by atoms with Crippen LogP contribution < -0.4 is 10.1 Å². The molecule has 0 atom stereocenters. The second-order valence-electron chi connectivity index (χ2n) is 5.89. The minimum absolute atomic E-state index is 0.0174. The van der Waals surface area contributed by atoms with E-state index in [1.165, 1.54) is 0 Å². The van der Waals surface area contributed by atoms with Crippen LogP contribution in [0.4, 0.5) is 5.82 Å². The molecule has 0 aliphatic heterocycles. The third-order valence-corrected chi connectivity index (χ3v) is 3.98. The number of carbonyl (C=O) groups is 1. The average molecular weight is 323 g/mol. The number of amides is 1. The molecule has 0 saturated heterocycles. The van der Waals surface area contributed by atoms with Crippen molar-refractivity contribution < 1.29 is 9.53 Å². The van der Waals surface area contributed by atoms with E-state index in [1.807, 2.05) is 31.2 Å². The number of carbonyl (C=O) groups excluding carboxylic acids is 1. The van der Waals surface area contributed by atoms with Gasteiger partial charge in [-0.2, -0.15) is 4.52 Å². The molecule has 1 saturated carbocycles. The first-order valence-corrected chi connectivity index (χ1v) is 7.84. The van der Waals surface area contributed by atoms with Gasteiger partial charge in [0.15, 0.2) is 11.5 Å². The number of nitrogens with one attached hydrogen (secondary N) is 1. The number of fused-ring (bicyclic) bond motifs is 1. The van der Waals surface area contributed by atoms with Gasteiger partial charge in [0, 0.05) is 17.5 Å². The van der Waals surface area contributed by atoms with Crippen molar-refractivity contribution in [3.63, 3.8) is 0 Å². The first kappa shape index (κ1) is 14.6. The number of anilines is 1. The number of rotatable bonds is 4. The molecule has 1 aliphatic carbocycles.